The number of hydrogen-bond donors (Lipinski definition) is 1. The molecule has 7 nitrogen and oxygen atoms in total. The lowest BCUT2D eigenvalue weighted by molar-refractivity contribution is 0.270. The second-order valence-corrected chi connectivity index (χ2v) is 6.29. The van der Waals surface area contributed by atoms with Crippen LogP contribution in [0.5, 0.6) is 0 Å². The molecule has 0 radical (unpaired) electrons. The molecular formula is C18H23N7. The van der Waals surface area contributed by atoms with Gasteiger partial charge in [-0.1, -0.05) is 25.1 Å². The van der Waals surface area contributed by atoms with Gasteiger partial charge in [-0.2, -0.15) is 15.1 Å². The molecule has 4 rings (SSSR count). The molecular weight excluding hydrogens is 314 g/mol. The number of para-hydroxylation sites is 1. The molecule has 2 aromatic heterocycles. The van der Waals surface area contributed by atoms with Crippen LogP contribution >= 0.6 is 0 Å². The number of nitrogens with zero attached hydrogens (tertiary/aromatic N) is 6. The maximum Gasteiger partial charge on any atom is 0.229 e. The Bertz CT molecular complexity index is 850. The first-order valence-corrected chi connectivity index (χ1v) is 8.73. The van der Waals surface area contributed by atoms with Gasteiger partial charge in [-0.3, -0.25) is 4.68 Å². The van der Waals surface area contributed by atoms with Gasteiger partial charge in [0.15, 0.2) is 5.65 Å². The Kier molecular flexibility index (Phi) is 4.23. The van der Waals surface area contributed by atoms with Gasteiger partial charge in [0.2, 0.25) is 5.95 Å². The van der Waals surface area contributed by atoms with E-state index < -0.39 is 0 Å². The molecule has 3 heterocycles. The van der Waals surface area contributed by atoms with Crippen molar-refractivity contribution in [2.45, 2.75) is 6.92 Å². The molecule has 1 aromatic carbocycles. The number of benzene rings is 1. The van der Waals surface area contributed by atoms with Crippen LogP contribution in [0.3, 0.4) is 0 Å². The van der Waals surface area contributed by atoms with Crippen LogP contribution in [-0.4, -0.2) is 57.4 Å². The van der Waals surface area contributed by atoms with E-state index in [1.54, 1.807) is 4.68 Å². The summed E-state index contributed by atoms with van der Waals surface area (Å²) in [5.41, 5.74) is 1.86. The maximum atomic E-state index is 4.82. The summed E-state index contributed by atoms with van der Waals surface area (Å²) in [4.78, 5) is 14.3. The van der Waals surface area contributed by atoms with E-state index in [0.717, 1.165) is 61.2 Å². The molecule has 0 spiro atoms. The zero-order valence-electron chi connectivity index (χ0n) is 14.7. The van der Waals surface area contributed by atoms with Gasteiger partial charge in [-0.05, 0) is 18.7 Å². The highest BCUT2D eigenvalue weighted by Crippen LogP contribution is 2.26. The van der Waals surface area contributed by atoms with E-state index in [9.17, 15) is 0 Å². The highest BCUT2D eigenvalue weighted by atomic mass is 15.4. The number of rotatable bonds is 4. The van der Waals surface area contributed by atoms with Crippen molar-refractivity contribution in [2.75, 3.05) is 42.9 Å². The molecule has 1 fully saturated rings. The number of aryl methyl sites for hydroxylation is 1. The van der Waals surface area contributed by atoms with E-state index in [1.807, 2.05) is 43.6 Å². The van der Waals surface area contributed by atoms with Crippen LogP contribution in [-0.2, 0) is 7.05 Å². The lowest BCUT2D eigenvalue weighted by Crippen LogP contribution is -2.46. The van der Waals surface area contributed by atoms with Gasteiger partial charge in [0.25, 0.3) is 0 Å². The molecule has 1 saturated heterocycles. The van der Waals surface area contributed by atoms with Crippen LogP contribution in [0.1, 0.15) is 6.92 Å². The summed E-state index contributed by atoms with van der Waals surface area (Å²) in [6, 6.07) is 10.1. The fourth-order valence-corrected chi connectivity index (χ4v) is 3.17. The quantitative estimate of drug-likeness (QED) is 0.788. The van der Waals surface area contributed by atoms with E-state index in [-0.39, 0.29) is 0 Å². The third-order valence-electron chi connectivity index (χ3n) is 4.72. The number of fused-ring (bicyclic) bond motifs is 1. The standard InChI is InChI=1S/C18H23N7/c1-3-24-9-11-25(12-10-24)18-21-16(20-14-7-5-4-6-8-14)15-13-19-23(2)17(15)22-18/h4-8,13H,3,9-12H2,1-2H3,(H,20,21,22). The highest BCUT2D eigenvalue weighted by Gasteiger charge is 2.20. The van der Waals surface area contributed by atoms with E-state index >= 15 is 0 Å². The number of aromatic nitrogens is 4. The van der Waals surface area contributed by atoms with Crippen molar-refractivity contribution >= 4 is 28.5 Å². The molecule has 1 N–H and O–H groups in total. The van der Waals surface area contributed by atoms with Crippen molar-refractivity contribution in [3.63, 3.8) is 0 Å². The number of likely N-dealkylation sites (N-methyl/N-ethyl adjacent to an activating group) is 1. The molecule has 0 atom stereocenters. The molecule has 0 saturated carbocycles. The summed E-state index contributed by atoms with van der Waals surface area (Å²) in [5, 5.41) is 8.71. The first-order valence-electron chi connectivity index (χ1n) is 8.73. The van der Waals surface area contributed by atoms with Gasteiger partial charge < -0.3 is 15.1 Å². The van der Waals surface area contributed by atoms with E-state index in [2.05, 4.69) is 27.1 Å². The van der Waals surface area contributed by atoms with Crippen LogP contribution in [0, 0.1) is 0 Å². The summed E-state index contributed by atoms with van der Waals surface area (Å²) < 4.78 is 1.80. The van der Waals surface area contributed by atoms with Gasteiger partial charge in [-0.15, -0.1) is 0 Å². The Morgan fingerprint density at radius 2 is 1.80 bits per heavy atom. The van der Waals surface area contributed by atoms with Crippen molar-refractivity contribution < 1.29 is 0 Å². The second kappa shape index (κ2) is 6.68. The number of nitrogens with one attached hydrogen (secondary N) is 1. The minimum absolute atomic E-state index is 0.769. The van der Waals surface area contributed by atoms with Gasteiger partial charge in [0.05, 0.1) is 11.6 Å². The van der Waals surface area contributed by atoms with E-state index in [4.69, 9.17) is 9.97 Å². The van der Waals surface area contributed by atoms with E-state index in [1.165, 1.54) is 0 Å². The lowest BCUT2D eigenvalue weighted by Gasteiger charge is -2.34. The fourth-order valence-electron chi connectivity index (χ4n) is 3.17. The Morgan fingerprint density at radius 3 is 2.52 bits per heavy atom. The molecule has 1 aliphatic rings. The zero-order chi connectivity index (χ0) is 17.2. The molecule has 25 heavy (non-hydrogen) atoms. The lowest BCUT2D eigenvalue weighted by atomic mass is 10.3. The van der Waals surface area contributed by atoms with Crippen LogP contribution < -0.4 is 10.2 Å². The maximum absolute atomic E-state index is 4.82. The van der Waals surface area contributed by atoms with Crippen LogP contribution in [0.2, 0.25) is 0 Å². The van der Waals surface area contributed by atoms with Crippen LogP contribution in [0.4, 0.5) is 17.5 Å². The van der Waals surface area contributed by atoms with Crippen LogP contribution in [0.15, 0.2) is 36.5 Å². The average molecular weight is 337 g/mol. The summed E-state index contributed by atoms with van der Waals surface area (Å²) in [7, 11) is 1.92. The molecule has 130 valence electrons. The van der Waals surface area contributed by atoms with Crippen molar-refractivity contribution in [2.24, 2.45) is 7.05 Å². The SMILES string of the molecule is CCN1CCN(c2nc(Nc3ccccc3)c3cnn(C)c3n2)CC1. The largest absolute Gasteiger partial charge is 0.339 e. The average Bonchev–Trinajstić information content (AvgIpc) is 3.04. The number of piperazine rings is 1. The first kappa shape index (κ1) is 15.8. The molecule has 3 aromatic rings. The Labute approximate surface area is 147 Å². The van der Waals surface area contributed by atoms with Gasteiger partial charge in [0.1, 0.15) is 5.82 Å². The minimum atomic E-state index is 0.769. The predicted octanol–water partition coefficient (Wildman–Crippen LogP) is 2.25. The fraction of sp³-hybridized carbons (Fsp3) is 0.389. The Balaban J connectivity index is 1.69. The molecule has 1 aliphatic heterocycles. The smallest absolute Gasteiger partial charge is 0.229 e. The van der Waals surface area contributed by atoms with Crippen molar-refractivity contribution in [1.82, 2.24) is 24.6 Å². The third-order valence-corrected chi connectivity index (χ3v) is 4.72. The normalized spacial score (nSPS) is 15.7. The Morgan fingerprint density at radius 1 is 1.04 bits per heavy atom. The summed E-state index contributed by atoms with van der Waals surface area (Å²) in [5.74, 6) is 1.57. The molecule has 7 heteroatoms. The number of hydrogen-bond acceptors (Lipinski definition) is 6. The van der Waals surface area contributed by atoms with Crippen molar-refractivity contribution in [1.29, 1.82) is 0 Å². The second-order valence-electron chi connectivity index (χ2n) is 6.29. The number of anilines is 3. The molecule has 0 bridgehead atoms. The molecule has 0 aliphatic carbocycles. The summed E-state index contributed by atoms with van der Waals surface area (Å²) in [6.45, 7) is 7.28. The Hall–Kier alpha value is -2.67. The van der Waals surface area contributed by atoms with Crippen LogP contribution in [0.25, 0.3) is 11.0 Å². The topological polar surface area (TPSA) is 62.1 Å². The molecule has 0 unspecified atom stereocenters. The zero-order valence-corrected chi connectivity index (χ0v) is 14.7. The van der Waals surface area contributed by atoms with Gasteiger partial charge >= 0.3 is 0 Å². The monoisotopic (exact) mass is 337 g/mol. The summed E-state index contributed by atoms with van der Waals surface area (Å²) >= 11 is 0. The highest BCUT2D eigenvalue weighted by molar-refractivity contribution is 5.89. The van der Waals surface area contributed by atoms with Crippen molar-refractivity contribution in [3.8, 4) is 0 Å². The third kappa shape index (κ3) is 3.15. The summed E-state index contributed by atoms with van der Waals surface area (Å²) in [6.07, 6.45) is 1.82. The van der Waals surface area contributed by atoms with E-state index in [0.29, 0.717) is 0 Å². The van der Waals surface area contributed by atoms with Gasteiger partial charge in [0, 0.05) is 38.9 Å². The minimum Gasteiger partial charge on any atom is -0.339 e. The molecule has 0 amide bonds. The predicted molar refractivity (Wildman–Crippen MR) is 100 cm³/mol. The van der Waals surface area contributed by atoms with Crippen molar-refractivity contribution in [3.05, 3.63) is 36.5 Å². The first-order chi connectivity index (χ1) is 12.2. The van der Waals surface area contributed by atoms with Gasteiger partial charge in [-0.25, -0.2) is 0 Å².